The predicted molar refractivity (Wildman–Crippen MR) is 55.0 cm³/mol. The number of halogens is 1. The maximum Gasteiger partial charge on any atom is 0.338 e. The van der Waals surface area contributed by atoms with Gasteiger partial charge in [0.05, 0.1) is 11.3 Å². The molecule has 17 heavy (non-hydrogen) atoms. The van der Waals surface area contributed by atoms with Crippen LogP contribution in [0.15, 0.2) is 30.4 Å². The Labute approximate surface area is 94.8 Å². The Bertz CT molecular complexity index is 547. The number of hydrogen-bond donors (Lipinski definition) is 1. The lowest BCUT2D eigenvalue weighted by atomic mass is 10.2. The molecule has 1 aliphatic heterocycles. The standard InChI is InChI=1S/C11H6FNO4/c12-8-5-6(1-2-7(8)11(16)17)13-9(14)3-4-10(13)15/h1-5H,(H,16,17). The Kier molecular flexibility index (Phi) is 2.47. The molecule has 5 nitrogen and oxygen atoms in total. The van der Waals surface area contributed by atoms with Crippen LogP contribution in [0.25, 0.3) is 0 Å². The van der Waals surface area contributed by atoms with Gasteiger partial charge in [-0.25, -0.2) is 14.1 Å². The molecule has 0 bridgehead atoms. The van der Waals surface area contributed by atoms with Crippen LogP contribution in [-0.2, 0) is 9.59 Å². The number of rotatable bonds is 2. The fraction of sp³-hybridized carbons (Fsp3) is 0. The second kappa shape index (κ2) is 3.82. The van der Waals surface area contributed by atoms with Crippen molar-refractivity contribution in [3.8, 4) is 0 Å². The van der Waals surface area contributed by atoms with Crippen molar-refractivity contribution < 1.29 is 23.9 Å². The summed E-state index contributed by atoms with van der Waals surface area (Å²) in [5.74, 6) is -3.58. The number of carboxylic acid groups (broad SMARTS) is 1. The Balaban J connectivity index is 2.42. The second-order valence-corrected chi connectivity index (χ2v) is 3.31. The van der Waals surface area contributed by atoms with E-state index < -0.39 is 29.2 Å². The molecule has 1 heterocycles. The summed E-state index contributed by atoms with van der Waals surface area (Å²) in [5.41, 5.74) is -0.506. The van der Waals surface area contributed by atoms with Gasteiger partial charge >= 0.3 is 5.97 Å². The zero-order valence-electron chi connectivity index (χ0n) is 8.38. The van der Waals surface area contributed by atoms with Crippen molar-refractivity contribution >= 4 is 23.5 Å². The number of nitrogens with zero attached hydrogens (tertiary/aromatic N) is 1. The quantitative estimate of drug-likeness (QED) is 0.774. The van der Waals surface area contributed by atoms with Gasteiger partial charge in [-0.15, -0.1) is 0 Å². The normalized spacial score (nSPS) is 14.5. The Morgan fingerprint density at radius 1 is 1.18 bits per heavy atom. The first kappa shape index (κ1) is 11.0. The molecule has 0 atom stereocenters. The van der Waals surface area contributed by atoms with Gasteiger partial charge in [-0.05, 0) is 18.2 Å². The molecule has 0 fully saturated rings. The molecule has 1 N–H and O–H groups in total. The summed E-state index contributed by atoms with van der Waals surface area (Å²) in [6, 6.07) is 3.05. The van der Waals surface area contributed by atoms with Gasteiger partial charge in [0.2, 0.25) is 0 Å². The molecule has 0 radical (unpaired) electrons. The summed E-state index contributed by atoms with van der Waals surface area (Å²) < 4.78 is 13.4. The van der Waals surface area contributed by atoms with Crippen LogP contribution >= 0.6 is 0 Å². The molecule has 1 aromatic rings. The molecular formula is C11H6FNO4. The zero-order valence-corrected chi connectivity index (χ0v) is 8.38. The Morgan fingerprint density at radius 3 is 2.24 bits per heavy atom. The monoisotopic (exact) mass is 235 g/mol. The average molecular weight is 235 g/mol. The lowest BCUT2D eigenvalue weighted by molar-refractivity contribution is -0.119. The highest BCUT2D eigenvalue weighted by atomic mass is 19.1. The summed E-state index contributed by atoms with van der Waals surface area (Å²) >= 11 is 0. The van der Waals surface area contributed by atoms with Gasteiger partial charge in [-0.2, -0.15) is 0 Å². The van der Waals surface area contributed by atoms with Crippen molar-refractivity contribution in [3.05, 3.63) is 41.7 Å². The minimum atomic E-state index is -1.41. The molecule has 0 unspecified atom stereocenters. The number of hydrogen-bond acceptors (Lipinski definition) is 3. The van der Waals surface area contributed by atoms with Gasteiger partial charge in [0.15, 0.2) is 0 Å². The molecule has 0 aliphatic carbocycles. The summed E-state index contributed by atoms with van der Waals surface area (Å²) in [6.45, 7) is 0. The first-order chi connectivity index (χ1) is 8.00. The smallest absolute Gasteiger partial charge is 0.338 e. The summed E-state index contributed by atoms with van der Waals surface area (Å²) in [7, 11) is 0. The molecule has 86 valence electrons. The van der Waals surface area contributed by atoms with Crippen LogP contribution in [0.3, 0.4) is 0 Å². The van der Waals surface area contributed by atoms with E-state index in [0.717, 1.165) is 29.2 Å². The highest BCUT2D eigenvalue weighted by Crippen LogP contribution is 2.21. The number of carboxylic acids is 1. The summed E-state index contributed by atoms with van der Waals surface area (Å²) in [4.78, 5) is 33.9. The third-order valence-corrected chi connectivity index (χ3v) is 2.25. The van der Waals surface area contributed by atoms with Gasteiger partial charge < -0.3 is 5.11 Å². The van der Waals surface area contributed by atoms with E-state index >= 15 is 0 Å². The van der Waals surface area contributed by atoms with Crippen LogP contribution in [0.2, 0.25) is 0 Å². The molecule has 0 saturated carbocycles. The van der Waals surface area contributed by atoms with Gasteiger partial charge in [-0.3, -0.25) is 9.59 Å². The minimum Gasteiger partial charge on any atom is -0.478 e. The number of anilines is 1. The maximum atomic E-state index is 13.4. The number of carbonyl (C=O) groups is 3. The van der Waals surface area contributed by atoms with Crippen LogP contribution in [0.1, 0.15) is 10.4 Å². The Hall–Kier alpha value is -2.50. The molecule has 2 rings (SSSR count). The van der Waals surface area contributed by atoms with E-state index in [0.29, 0.717) is 0 Å². The van der Waals surface area contributed by atoms with Crippen molar-refractivity contribution in [2.75, 3.05) is 4.90 Å². The van der Waals surface area contributed by atoms with E-state index in [9.17, 15) is 18.8 Å². The van der Waals surface area contributed by atoms with Crippen LogP contribution in [0.5, 0.6) is 0 Å². The maximum absolute atomic E-state index is 13.4. The highest BCUT2D eigenvalue weighted by molar-refractivity contribution is 6.28. The van der Waals surface area contributed by atoms with Gasteiger partial charge in [-0.1, -0.05) is 0 Å². The van der Waals surface area contributed by atoms with E-state index in [1.54, 1.807) is 0 Å². The van der Waals surface area contributed by atoms with Crippen LogP contribution in [0.4, 0.5) is 10.1 Å². The third-order valence-electron chi connectivity index (χ3n) is 2.25. The Morgan fingerprint density at radius 2 is 1.76 bits per heavy atom. The van der Waals surface area contributed by atoms with Crippen LogP contribution in [-0.4, -0.2) is 22.9 Å². The lowest BCUT2D eigenvalue weighted by Gasteiger charge is -2.14. The number of aromatic carboxylic acids is 1. The molecule has 0 saturated heterocycles. The van der Waals surface area contributed by atoms with Crippen molar-refractivity contribution in [2.24, 2.45) is 0 Å². The SMILES string of the molecule is O=C(O)c1ccc(N2C(=O)C=CC2=O)cc1F. The van der Waals surface area contributed by atoms with Crippen LogP contribution in [0, 0.1) is 5.82 Å². The number of imide groups is 1. The molecule has 2 amide bonds. The molecule has 0 spiro atoms. The highest BCUT2D eigenvalue weighted by Gasteiger charge is 2.26. The third kappa shape index (κ3) is 1.80. The topological polar surface area (TPSA) is 74.7 Å². The molecule has 1 aromatic carbocycles. The summed E-state index contributed by atoms with van der Waals surface area (Å²) in [6.07, 6.45) is 2.12. The second-order valence-electron chi connectivity index (χ2n) is 3.31. The number of amides is 2. The lowest BCUT2D eigenvalue weighted by Crippen LogP contribution is -2.29. The fourth-order valence-electron chi connectivity index (χ4n) is 1.47. The zero-order chi connectivity index (χ0) is 12.6. The van der Waals surface area contributed by atoms with E-state index in [1.807, 2.05) is 0 Å². The molecular weight excluding hydrogens is 229 g/mol. The van der Waals surface area contributed by atoms with Crippen LogP contribution < -0.4 is 4.90 Å². The van der Waals surface area contributed by atoms with Gasteiger partial charge in [0.1, 0.15) is 5.82 Å². The van der Waals surface area contributed by atoms with E-state index in [4.69, 9.17) is 5.11 Å². The van der Waals surface area contributed by atoms with E-state index in [2.05, 4.69) is 0 Å². The van der Waals surface area contributed by atoms with Crippen molar-refractivity contribution in [1.29, 1.82) is 0 Å². The molecule has 0 aromatic heterocycles. The fourth-order valence-corrected chi connectivity index (χ4v) is 1.47. The van der Waals surface area contributed by atoms with E-state index in [-0.39, 0.29) is 5.69 Å². The largest absolute Gasteiger partial charge is 0.478 e. The van der Waals surface area contributed by atoms with Crippen molar-refractivity contribution in [1.82, 2.24) is 0 Å². The average Bonchev–Trinajstić information content (AvgIpc) is 2.58. The van der Waals surface area contributed by atoms with Crippen molar-refractivity contribution in [2.45, 2.75) is 0 Å². The summed E-state index contributed by atoms with van der Waals surface area (Å²) in [5, 5.41) is 8.63. The minimum absolute atomic E-state index is 0.00694. The molecule has 6 heteroatoms. The first-order valence-electron chi connectivity index (χ1n) is 4.59. The first-order valence-corrected chi connectivity index (χ1v) is 4.59. The number of carbonyl (C=O) groups excluding carboxylic acids is 2. The van der Waals surface area contributed by atoms with Crippen molar-refractivity contribution in [3.63, 3.8) is 0 Å². The van der Waals surface area contributed by atoms with Gasteiger partial charge in [0.25, 0.3) is 11.8 Å². The molecule has 1 aliphatic rings. The van der Waals surface area contributed by atoms with Gasteiger partial charge in [0, 0.05) is 12.2 Å². The predicted octanol–water partition coefficient (Wildman–Crippen LogP) is 0.953. The number of benzene rings is 1. The van der Waals surface area contributed by atoms with E-state index in [1.165, 1.54) is 6.07 Å².